The van der Waals surface area contributed by atoms with E-state index in [2.05, 4.69) is 27.6 Å². The third-order valence-corrected chi connectivity index (χ3v) is 5.07. The summed E-state index contributed by atoms with van der Waals surface area (Å²) in [5, 5.41) is 10.5. The molecular formula is C21H22N4O2. The lowest BCUT2D eigenvalue weighted by molar-refractivity contribution is -0.132. The molecule has 6 nitrogen and oxygen atoms in total. The van der Waals surface area contributed by atoms with Gasteiger partial charge in [0.1, 0.15) is 0 Å². The smallest absolute Gasteiger partial charge is 0.272 e. The number of H-pyrrole nitrogens is 1. The molecule has 2 heterocycles. The van der Waals surface area contributed by atoms with E-state index in [1.807, 2.05) is 47.4 Å². The topological polar surface area (TPSA) is 78.1 Å². The molecule has 3 aromatic rings. The second kappa shape index (κ2) is 7.61. The molecule has 2 N–H and O–H groups in total. The van der Waals surface area contributed by atoms with E-state index < -0.39 is 0 Å². The minimum Gasteiger partial charge on any atom is -0.350 e. The highest BCUT2D eigenvalue weighted by Crippen LogP contribution is 2.32. The fraction of sp³-hybridized carbons (Fsp3) is 0.286. The molecule has 0 spiro atoms. The number of nitrogens with one attached hydrogen (secondary N) is 2. The van der Waals surface area contributed by atoms with Crippen LogP contribution in [0.2, 0.25) is 0 Å². The predicted molar refractivity (Wildman–Crippen MR) is 103 cm³/mol. The summed E-state index contributed by atoms with van der Waals surface area (Å²) in [5.74, 6) is -0.185. The molecule has 0 saturated carbocycles. The number of hydrogen-bond acceptors (Lipinski definition) is 3. The van der Waals surface area contributed by atoms with Crippen LogP contribution in [0.5, 0.6) is 0 Å². The number of para-hydroxylation sites is 1. The van der Waals surface area contributed by atoms with E-state index in [9.17, 15) is 9.59 Å². The van der Waals surface area contributed by atoms with Crippen molar-refractivity contribution >= 4 is 22.7 Å². The van der Waals surface area contributed by atoms with Gasteiger partial charge in [0.2, 0.25) is 5.91 Å². The van der Waals surface area contributed by atoms with E-state index in [-0.39, 0.29) is 24.3 Å². The van der Waals surface area contributed by atoms with Crippen LogP contribution < -0.4 is 5.32 Å². The normalized spacial score (nSPS) is 16.6. The van der Waals surface area contributed by atoms with Gasteiger partial charge in [0.15, 0.2) is 5.69 Å². The Bertz CT molecular complexity index is 951. The van der Waals surface area contributed by atoms with Gasteiger partial charge in [0.25, 0.3) is 5.91 Å². The molecule has 1 atom stereocenters. The maximum Gasteiger partial charge on any atom is 0.272 e. The average Bonchev–Trinajstić information content (AvgIpc) is 3.36. The maximum absolute atomic E-state index is 12.7. The number of fused-ring (bicyclic) bond motifs is 1. The Morgan fingerprint density at radius 1 is 1.11 bits per heavy atom. The molecule has 1 saturated heterocycles. The van der Waals surface area contributed by atoms with Crippen LogP contribution in [0.25, 0.3) is 10.9 Å². The van der Waals surface area contributed by atoms with Crippen LogP contribution in [0.1, 0.15) is 41.4 Å². The summed E-state index contributed by atoms with van der Waals surface area (Å²) in [6, 6.07) is 17.8. The molecular weight excluding hydrogens is 340 g/mol. The van der Waals surface area contributed by atoms with Crippen LogP contribution in [0, 0.1) is 0 Å². The van der Waals surface area contributed by atoms with Gasteiger partial charge in [-0.25, -0.2) is 0 Å². The number of hydrogen-bond donors (Lipinski definition) is 2. The molecule has 138 valence electrons. The summed E-state index contributed by atoms with van der Waals surface area (Å²) >= 11 is 0. The van der Waals surface area contributed by atoms with E-state index in [0.29, 0.717) is 12.2 Å². The Morgan fingerprint density at radius 3 is 2.74 bits per heavy atom. The Labute approximate surface area is 157 Å². The number of carbonyl (C=O) groups is 2. The zero-order valence-corrected chi connectivity index (χ0v) is 15.0. The molecule has 1 aromatic heterocycles. The van der Waals surface area contributed by atoms with Crippen molar-refractivity contribution in [1.29, 1.82) is 0 Å². The summed E-state index contributed by atoms with van der Waals surface area (Å²) in [7, 11) is 0. The fourth-order valence-electron chi connectivity index (χ4n) is 3.73. The number of benzene rings is 2. The SMILES string of the molecule is O=C(NCCC(=O)N1CCCC1c1ccccc1)c1n[nH]c2ccccc12. The van der Waals surface area contributed by atoms with Crippen molar-refractivity contribution in [2.24, 2.45) is 0 Å². The maximum atomic E-state index is 12.7. The third-order valence-electron chi connectivity index (χ3n) is 5.07. The average molecular weight is 362 g/mol. The predicted octanol–water partition coefficient (Wildman–Crippen LogP) is 3.05. The lowest BCUT2D eigenvalue weighted by Crippen LogP contribution is -2.34. The highest BCUT2D eigenvalue weighted by atomic mass is 16.2. The summed E-state index contributed by atoms with van der Waals surface area (Å²) in [6.45, 7) is 1.08. The molecule has 1 unspecified atom stereocenters. The van der Waals surface area contributed by atoms with Gasteiger partial charge in [-0.2, -0.15) is 5.10 Å². The highest BCUT2D eigenvalue weighted by Gasteiger charge is 2.29. The number of rotatable bonds is 5. The van der Waals surface area contributed by atoms with Crippen LogP contribution in [-0.2, 0) is 4.79 Å². The molecule has 2 amide bonds. The highest BCUT2D eigenvalue weighted by molar-refractivity contribution is 6.04. The quantitative estimate of drug-likeness (QED) is 0.732. The second-order valence-corrected chi connectivity index (χ2v) is 6.78. The van der Waals surface area contributed by atoms with Crippen LogP contribution in [0.15, 0.2) is 54.6 Å². The zero-order chi connectivity index (χ0) is 18.6. The largest absolute Gasteiger partial charge is 0.350 e. The summed E-state index contributed by atoms with van der Waals surface area (Å²) < 4.78 is 0. The molecule has 0 bridgehead atoms. The van der Waals surface area contributed by atoms with Crippen molar-refractivity contribution in [3.63, 3.8) is 0 Å². The Hall–Kier alpha value is -3.15. The first kappa shape index (κ1) is 17.3. The molecule has 0 radical (unpaired) electrons. The minimum atomic E-state index is -0.263. The van der Waals surface area contributed by atoms with Crippen molar-refractivity contribution < 1.29 is 9.59 Å². The first-order valence-electron chi connectivity index (χ1n) is 9.30. The van der Waals surface area contributed by atoms with E-state index >= 15 is 0 Å². The summed E-state index contributed by atoms with van der Waals surface area (Å²) in [4.78, 5) is 27.0. The van der Waals surface area contributed by atoms with Crippen molar-refractivity contribution in [3.05, 3.63) is 65.9 Å². The van der Waals surface area contributed by atoms with E-state index in [1.54, 1.807) is 0 Å². The number of aromatic amines is 1. The number of nitrogens with zero attached hydrogens (tertiary/aromatic N) is 2. The molecule has 1 aliphatic rings. The zero-order valence-electron chi connectivity index (χ0n) is 15.0. The van der Waals surface area contributed by atoms with Crippen molar-refractivity contribution in [1.82, 2.24) is 20.4 Å². The first-order valence-corrected chi connectivity index (χ1v) is 9.30. The molecule has 1 fully saturated rings. The minimum absolute atomic E-state index is 0.0774. The molecule has 0 aliphatic carbocycles. The van der Waals surface area contributed by atoms with E-state index in [0.717, 1.165) is 30.3 Å². The number of carbonyl (C=O) groups excluding carboxylic acids is 2. The van der Waals surface area contributed by atoms with Gasteiger partial charge in [-0.3, -0.25) is 14.7 Å². The van der Waals surface area contributed by atoms with Gasteiger partial charge in [0.05, 0.1) is 11.6 Å². The van der Waals surface area contributed by atoms with Crippen LogP contribution >= 0.6 is 0 Å². The first-order chi connectivity index (χ1) is 13.2. The lowest BCUT2D eigenvalue weighted by Gasteiger charge is -2.25. The third kappa shape index (κ3) is 3.56. The van der Waals surface area contributed by atoms with Crippen molar-refractivity contribution in [3.8, 4) is 0 Å². The number of likely N-dealkylation sites (tertiary alicyclic amines) is 1. The van der Waals surface area contributed by atoms with Gasteiger partial charge in [-0.1, -0.05) is 48.5 Å². The van der Waals surface area contributed by atoms with Crippen LogP contribution in [0.3, 0.4) is 0 Å². The van der Waals surface area contributed by atoms with Gasteiger partial charge in [-0.15, -0.1) is 0 Å². The monoisotopic (exact) mass is 362 g/mol. The molecule has 6 heteroatoms. The van der Waals surface area contributed by atoms with Gasteiger partial charge in [0, 0.05) is 24.9 Å². The van der Waals surface area contributed by atoms with Crippen LogP contribution in [0.4, 0.5) is 0 Å². The summed E-state index contributed by atoms with van der Waals surface area (Å²) in [5.41, 5.74) is 2.36. The molecule has 4 rings (SSSR count). The van der Waals surface area contributed by atoms with Gasteiger partial charge in [-0.05, 0) is 24.5 Å². The lowest BCUT2D eigenvalue weighted by atomic mass is 10.0. The van der Waals surface area contributed by atoms with Gasteiger partial charge < -0.3 is 10.2 Å². The van der Waals surface area contributed by atoms with Gasteiger partial charge >= 0.3 is 0 Å². The van der Waals surface area contributed by atoms with Crippen molar-refractivity contribution in [2.45, 2.75) is 25.3 Å². The van der Waals surface area contributed by atoms with Crippen LogP contribution in [-0.4, -0.2) is 40.0 Å². The Balaban J connectivity index is 1.35. The Morgan fingerprint density at radius 2 is 1.89 bits per heavy atom. The fourth-order valence-corrected chi connectivity index (χ4v) is 3.73. The summed E-state index contributed by atoms with van der Waals surface area (Å²) in [6.07, 6.45) is 2.29. The Kier molecular flexibility index (Phi) is 4.87. The number of amides is 2. The molecule has 27 heavy (non-hydrogen) atoms. The molecule has 2 aromatic carbocycles. The van der Waals surface area contributed by atoms with Crippen molar-refractivity contribution in [2.75, 3.05) is 13.1 Å². The van der Waals surface area contributed by atoms with E-state index in [4.69, 9.17) is 0 Å². The standard InChI is InChI=1S/C21H22N4O2/c26-19(25-14-6-11-18(25)15-7-2-1-3-8-15)12-13-22-21(27)20-16-9-4-5-10-17(16)23-24-20/h1-5,7-10,18H,6,11-14H2,(H,22,27)(H,23,24). The second-order valence-electron chi connectivity index (χ2n) is 6.78. The number of aromatic nitrogens is 2. The molecule has 1 aliphatic heterocycles. The van der Waals surface area contributed by atoms with E-state index in [1.165, 1.54) is 5.56 Å².